The van der Waals surface area contributed by atoms with Gasteiger partial charge in [-0.05, 0) is 19.5 Å². The SMILES string of the molecule is CCNCCCc1ncc(CCC(F)(F)F)o1. The van der Waals surface area contributed by atoms with Crippen molar-refractivity contribution in [2.45, 2.75) is 38.8 Å². The summed E-state index contributed by atoms with van der Waals surface area (Å²) in [4.78, 5) is 3.95. The molecule has 17 heavy (non-hydrogen) atoms. The van der Waals surface area contributed by atoms with Crippen LogP contribution in [0.3, 0.4) is 0 Å². The zero-order valence-corrected chi connectivity index (χ0v) is 9.81. The minimum Gasteiger partial charge on any atom is -0.446 e. The van der Waals surface area contributed by atoms with Gasteiger partial charge in [-0.25, -0.2) is 4.98 Å². The first-order valence-electron chi connectivity index (χ1n) is 5.72. The lowest BCUT2D eigenvalue weighted by atomic mass is 10.2. The molecule has 0 aliphatic carbocycles. The van der Waals surface area contributed by atoms with Crippen LogP contribution in [-0.4, -0.2) is 24.2 Å². The number of nitrogens with one attached hydrogen (secondary N) is 1. The van der Waals surface area contributed by atoms with Gasteiger partial charge in [-0.1, -0.05) is 6.92 Å². The van der Waals surface area contributed by atoms with E-state index in [9.17, 15) is 13.2 Å². The highest BCUT2D eigenvalue weighted by Crippen LogP contribution is 2.22. The highest BCUT2D eigenvalue weighted by molar-refractivity contribution is 4.95. The molecule has 0 amide bonds. The molecule has 0 radical (unpaired) electrons. The molecule has 1 rings (SSSR count). The van der Waals surface area contributed by atoms with Crippen molar-refractivity contribution in [2.24, 2.45) is 0 Å². The third-order valence-electron chi connectivity index (χ3n) is 2.25. The third kappa shape index (κ3) is 6.31. The van der Waals surface area contributed by atoms with Crippen LogP contribution in [0.4, 0.5) is 13.2 Å². The molecule has 98 valence electrons. The molecule has 0 spiro atoms. The third-order valence-corrected chi connectivity index (χ3v) is 2.25. The summed E-state index contributed by atoms with van der Waals surface area (Å²) in [5, 5.41) is 3.15. The van der Waals surface area contributed by atoms with Crippen molar-refractivity contribution < 1.29 is 17.6 Å². The summed E-state index contributed by atoms with van der Waals surface area (Å²) in [6.07, 6.45) is -2.23. The predicted molar refractivity (Wildman–Crippen MR) is 57.7 cm³/mol. The smallest absolute Gasteiger partial charge is 0.389 e. The van der Waals surface area contributed by atoms with Gasteiger partial charge in [0, 0.05) is 12.8 Å². The van der Waals surface area contributed by atoms with E-state index in [1.165, 1.54) is 6.20 Å². The highest BCUT2D eigenvalue weighted by Gasteiger charge is 2.27. The Morgan fingerprint density at radius 1 is 1.35 bits per heavy atom. The molecule has 0 fully saturated rings. The van der Waals surface area contributed by atoms with Gasteiger partial charge in [0.2, 0.25) is 0 Å². The fraction of sp³-hybridized carbons (Fsp3) is 0.727. The van der Waals surface area contributed by atoms with E-state index in [1.54, 1.807) is 0 Å². The molecule has 1 N–H and O–H groups in total. The van der Waals surface area contributed by atoms with Crippen LogP contribution in [0.5, 0.6) is 0 Å². The van der Waals surface area contributed by atoms with Crippen LogP contribution < -0.4 is 5.32 Å². The van der Waals surface area contributed by atoms with Crippen molar-refractivity contribution in [1.29, 1.82) is 0 Å². The number of hydrogen-bond acceptors (Lipinski definition) is 3. The minimum absolute atomic E-state index is 0.135. The summed E-state index contributed by atoms with van der Waals surface area (Å²) in [6, 6.07) is 0. The van der Waals surface area contributed by atoms with E-state index < -0.39 is 12.6 Å². The zero-order valence-electron chi connectivity index (χ0n) is 9.81. The molecule has 3 nitrogen and oxygen atoms in total. The van der Waals surface area contributed by atoms with Gasteiger partial charge in [0.25, 0.3) is 0 Å². The van der Waals surface area contributed by atoms with Gasteiger partial charge in [-0.3, -0.25) is 0 Å². The Labute approximate surface area is 98.4 Å². The number of halogens is 3. The van der Waals surface area contributed by atoms with Crippen molar-refractivity contribution in [3.8, 4) is 0 Å². The number of nitrogens with zero attached hydrogens (tertiary/aromatic N) is 1. The standard InChI is InChI=1S/C11H17F3N2O/c1-2-15-7-3-4-10-16-8-9(17-10)5-6-11(12,13)14/h8,15H,2-7H2,1H3. The van der Waals surface area contributed by atoms with Crippen LogP contribution >= 0.6 is 0 Å². The molecule has 0 bridgehead atoms. The first-order valence-corrected chi connectivity index (χ1v) is 5.72. The maximum atomic E-state index is 12.0. The molecular formula is C11H17F3N2O. The van der Waals surface area contributed by atoms with Crippen molar-refractivity contribution in [2.75, 3.05) is 13.1 Å². The van der Waals surface area contributed by atoms with E-state index in [4.69, 9.17) is 4.42 Å². The van der Waals surface area contributed by atoms with Crippen LogP contribution in [0.15, 0.2) is 10.6 Å². The summed E-state index contributed by atoms with van der Waals surface area (Å²) in [5.74, 6) is 0.820. The average Bonchev–Trinajstić information content (AvgIpc) is 2.69. The monoisotopic (exact) mass is 250 g/mol. The second-order valence-electron chi connectivity index (χ2n) is 3.79. The lowest BCUT2D eigenvalue weighted by Crippen LogP contribution is -2.14. The summed E-state index contributed by atoms with van der Waals surface area (Å²) < 4.78 is 41.1. The fourth-order valence-corrected chi connectivity index (χ4v) is 1.39. The second kappa shape index (κ2) is 6.64. The molecule has 0 saturated heterocycles. The summed E-state index contributed by atoms with van der Waals surface area (Å²) in [5.41, 5.74) is 0. The molecule has 0 unspecified atom stereocenters. The average molecular weight is 250 g/mol. The van der Waals surface area contributed by atoms with Crippen molar-refractivity contribution in [1.82, 2.24) is 10.3 Å². The first kappa shape index (κ1) is 14.0. The Kier molecular flexibility index (Phi) is 5.47. The highest BCUT2D eigenvalue weighted by atomic mass is 19.4. The van der Waals surface area contributed by atoms with Gasteiger partial charge in [0.1, 0.15) is 5.76 Å². The number of oxazole rings is 1. The van der Waals surface area contributed by atoms with E-state index in [2.05, 4.69) is 10.3 Å². The van der Waals surface area contributed by atoms with E-state index >= 15 is 0 Å². The molecule has 6 heteroatoms. The Balaban J connectivity index is 2.28. The fourth-order valence-electron chi connectivity index (χ4n) is 1.39. The lowest BCUT2D eigenvalue weighted by Gasteiger charge is -2.03. The molecule has 0 aliphatic rings. The Morgan fingerprint density at radius 3 is 2.76 bits per heavy atom. The molecule has 0 atom stereocenters. The van der Waals surface area contributed by atoms with Gasteiger partial charge < -0.3 is 9.73 Å². The van der Waals surface area contributed by atoms with Crippen LogP contribution in [0, 0.1) is 0 Å². The van der Waals surface area contributed by atoms with Crippen molar-refractivity contribution in [3.05, 3.63) is 17.8 Å². The topological polar surface area (TPSA) is 38.1 Å². The van der Waals surface area contributed by atoms with E-state index in [1.807, 2.05) is 6.92 Å². The normalized spacial score (nSPS) is 12.0. The summed E-state index contributed by atoms with van der Waals surface area (Å²) >= 11 is 0. The van der Waals surface area contributed by atoms with Crippen LogP contribution in [0.1, 0.15) is 31.4 Å². The summed E-state index contributed by atoms with van der Waals surface area (Å²) in [6.45, 7) is 3.78. The van der Waals surface area contributed by atoms with Crippen LogP contribution in [-0.2, 0) is 12.8 Å². The van der Waals surface area contributed by atoms with E-state index in [-0.39, 0.29) is 6.42 Å². The number of aryl methyl sites for hydroxylation is 2. The van der Waals surface area contributed by atoms with Crippen molar-refractivity contribution >= 4 is 0 Å². The van der Waals surface area contributed by atoms with E-state index in [0.717, 1.165) is 19.5 Å². The second-order valence-corrected chi connectivity index (χ2v) is 3.79. The largest absolute Gasteiger partial charge is 0.446 e. The minimum atomic E-state index is -4.14. The van der Waals surface area contributed by atoms with Gasteiger partial charge in [0.05, 0.1) is 12.6 Å². The molecule has 1 aromatic rings. The Bertz CT molecular complexity index is 323. The Morgan fingerprint density at radius 2 is 2.12 bits per heavy atom. The molecule has 1 heterocycles. The zero-order chi connectivity index (χ0) is 12.7. The first-order chi connectivity index (χ1) is 8.01. The van der Waals surface area contributed by atoms with Crippen molar-refractivity contribution in [3.63, 3.8) is 0 Å². The van der Waals surface area contributed by atoms with Gasteiger partial charge in [-0.15, -0.1) is 0 Å². The quantitative estimate of drug-likeness (QED) is 0.756. The molecule has 0 saturated carbocycles. The Hall–Kier alpha value is -1.04. The molecule has 0 aromatic carbocycles. The molecular weight excluding hydrogens is 233 g/mol. The van der Waals surface area contributed by atoms with Gasteiger partial charge >= 0.3 is 6.18 Å². The van der Waals surface area contributed by atoms with Crippen LogP contribution in [0.2, 0.25) is 0 Å². The number of aromatic nitrogens is 1. The molecule has 0 aliphatic heterocycles. The maximum Gasteiger partial charge on any atom is 0.389 e. The number of alkyl halides is 3. The van der Waals surface area contributed by atoms with Crippen LogP contribution in [0.25, 0.3) is 0 Å². The number of hydrogen-bond donors (Lipinski definition) is 1. The molecule has 1 aromatic heterocycles. The summed E-state index contributed by atoms with van der Waals surface area (Å²) in [7, 11) is 0. The van der Waals surface area contributed by atoms with E-state index in [0.29, 0.717) is 18.1 Å². The maximum absolute atomic E-state index is 12.0. The van der Waals surface area contributed by atoms with Gasteiger partial charge in [0.15, 0.2) is 5.89 Å². The van der Waals surface area contributed by atoms with Gasteiger partial charge in [-0.2, -0.15) is 13.2 Å². The lowest BCUT2D eigenvalue weighted by molar-refractivity contribution is -0.134. The number of rotatable bonds is 7. The predicted octanol–water partition coefficient (Wildman–Crippen LogP) is 2.71.